The van der Waals surface area contributed by atoms with E-state index in [2.05, 4.69) is 19.1 Å². The van der Waals surface area contributed by atoms with Crippen molar-refractivity contribution in [2.45, 2.75) is 38.5 Å². The summed E-state index contributed by atoms with van der Waals surface area (Å²) >= 11 is 0. The van der Waals surface area contributed by atoms with Gasteiger partial charge in [0.2, 0.25) is 6.79 Å². The molecule has 0 unspecified atom stereocenters. The topological polar surface area (TPSA) is 48.0 Å². The number of hydrogen-bond donors (Lipinski definition) is 0. The monoisotopic (exact) mass is 353 g/mol. The van der Waals surface area contributed by atoms with E-state index in [0.29, 0.717) is 13.2 Å². The Hall–Kier alpha value is -2.53. The zero-order chi connectivity index (χ0) is 17.9. The molecule has 0 radical (unpaired) electrons. The van der Waals surface area contributed by atoms with Gasteiger partial charge in [0.25, 0.3) is 5.91 Å². The van der Waals surface area contributed by atoms with Crippen LogP contribution < -0.4 is 9.47 Å². The number of carbonyl (C=O) groups is 1. The largest absolute Gasteiger partial charge is 0.454 e. The molecule has 0 aliphatic carbocycles. The van der Waals surface area contributed by atoms with Crippen LogP contribution in [-0.4, -0.2) is 30.3 Å². The predicted molar refractivity (Wildman–Crippen MR) is 96.9 cm³/mol. The van der Waals surface area contributed by atoms with Crippen LogP contribution in [0.15, 0.2) is 48.5 Å². The highest BCUT2D eigenvalue weighted by atomic mass is 16.7. The molecule has 2 aromatic rings. The van der Waals surface area contributed by atoms with E-state index < -0.39 is 0 Å². The average molecular weight is 353 g/mol. The van der Waals surface area contributed by atoms with Crippen LogP contribution in [0.5, 0.6) is 11.5 Å². The minimum Gasteiger partial charge on any atom is -0.454 e. The van der Waals surface area contributed by atoms with Crippen LogP contribution in [0.25, 0.3) is 0 Å². The molecular formula is C21H23NO4. The molecule has 2 aliphatic heterocycles. The molecule has 2 atom stereocenters. The second-order valence-corrected chi connectivity index (χ2v) is 6.71. The molecule has 4 rings (SSSR count). The van der Waals surface area contributed by atoms with Crippen LogP contribution >= 0.6 is 0 Å². The maximum Gasteiger partial charge on any atom is 0.252 e. The summed E-state index contributed by atoms with van der Waals surface area (Å²) in [6, 6.07) is 15.8. The lowest BCUT2D eigenvalue weighted by Gasteiger charge is -2.32. The van der Waals surface area contributed by atoms with Crippen LogP contribution in [0, 0.1) is 0 Å². The molecule has 5 nitrogen and oxygen atoms in total. The summed E-state index contributed by atoms with van der Waals surface area (Å²) < 4.78 is 16.8. The SMILES string of the molecule is C[C@H](c1ccccc1)N(Cc1cccc2c1OCO2)C(=O)[C@H]1CCCO1. The number of amides is 1. The fourth-order valence-corrected chi connectivity index (χ4v) is 3.57. The van der Waals surface area contributed by atoms with E-state index >= 15 is 0 Å². The van der Waals surface area contributed by atoms with Crippen molar-refractivity contribution in [3.8, 4) is 11.5 Å². The van der Waals surface area contributed by atoms with E-state index in [4.69, 9.17) is 14.2 Å². The van der Waals surface area contributed by atoms with Gasteiger partial charge in [0.05, 0.1) is 12.6 Å². The van der Waals surface area contributed by atoms with Crippen LogP contribution in [-0.2, 0) is 16.1 Å². The van der Waals surface area contributed by atoms with Gasteiger partial charge in [-0.1, -0.05) is 42.5 Å². The molecule has 1 fully saturated rings. The van der Waals surface area contributed by atoms with E-state index in [1.165, 1.54) is 0 Å². The highest BCUT2D eigenvalue weighted by Gasteiger charge is 2.32. The Labute approximate surface area is 153 Å². The number of para-hydroxylation sites is 1. The Morgan fingerprint density at radius 3 is 2.77 bits per heavy atom. The number of fused-ring (bicyclic) bond motifs is 1. The third-order valence-corrected chi connectivity index (χ3v) is 5.06. The molecule has 0 aromatic heterocycles. The summed E-state index contributed by atoms with van der Waals surface area (Å²) in [5, 5.41) is 0. The van der Waals surface area contributed by atoms with Gasteiger partial charge in [-0.15, -0.1) is 0 Å². The molecule has 136 valence electrons. The summed E-state index contributed by atoms with van der Waals surface area (Å²) in [5.41, 5.74) is 2.05. The van der Waals surface area contributed by atoms with Crippen LogP contribution in [0.3, 0.4) is 0 Å². The van der Waals surface area contributed by atoms with E-state index in [1.807, 2.05) is 41.3 Å². The molecule has 1 amide bonds. The van der Waals surface area contributed by atoms with E-state index in [-0.39, 0.29) is 24.8 Å². The smallest absolute Gasteiger partial charge is 0.252 e. The Bertz CT molecular complexity index is 771. The number of rotatable bonds is 5. The number of ether oxygens (including phenoxy) is 3. The highest BCUT2D eigenvalue weighted by molar-refractivity contribution is 5.81. The molecule has 0 saturated carbocycles. The normalized spacial score (nSPS) is 19.3. The van der Waals surface area contributed by atoms with Gasteiger partial charge in [0, 0.05) is 12.2 Å². The van der Waals surface area contributed by atoms with Gasteiger partial charge in [-0.05, 0) is 31.4 Å². The summed E-state index contributed by atoms with van der Waals surface area (Å²) in [4.78, 5) is 15.1. The van der Waals surface area contributed by atoms with E-state index in [9.17, 15) is 4.79 Å². The standard InChI is InChI=1S/C21H23NO4/c1-15(16-7-3-2-4-8-16)22(21(23)19-11-6-12-24-19)13-17-9-5-10-18-20(17)26-14-25-18/h2-5,7-10,15,19H,6,11-14H2,1H3/t15-,19-/m1/s1. The van der Waals surface area contributed by atoms with Crippen LogP contribution in [0.1, 0.15) is 36.9 Å². The van der Waals surface area contributed by atoms with Gasteiger partial charge < -0.3 is 19.1 Å². The average Bonchev–Trinajstić information content (AvgIpc) is 3.37. The quantitative estimate of drug-likeness (QED) is 0.823. The van der Waals surface area contributed by atoms with Crippen molar-refractivity contribution in [1.29, 1.82) is 0 Å². The third-order valence-electron chi connectivity index (χ3n) is 5.06. The van der Waals surface area contributed by atoms with Crippen molar-refractivity contribution >= 4 is 5.91 Å². The zero-order valence-electron chi connectivity index (χ0n) is 14.9. The predicted octanol–water partition coefficient (Wildman–Crippen LogP) is 3.68. The molecular weight excluding hydrogens is 330 g/mol. The summed E-state index contributed by atoms with van der Waals surface area (Å²) in [5.74, 6) is 1.51. The molecule has 0 N–H and O–H groups in total. The Kier molecular flexibility index (Phi) is 4.80. The lowest BCUT2D eigenvalue weighted by molar-refractivity contribution is -0.144. The fraction of sp³-hybridized carbons (Fsp3) is 0.381. The van der Waals surface area contributed by atoms with Crippen molar-refractivity contribution in [2.75, 3.05) is 13.4 Å². The van der Waals surface area contributed by atoms with Crippen molar-refractivity contribution < 1.29 is 19.0 Å². The second kappa shape index (κ2) is 7.38. The van der Waals surface area contributed by atoms with Crippen molar-refractivity contribution in [1.82, 2.24) is 4.90 Å². The first-order chi connectivity index (χ1) is 12.7. The Balaban J connectivity index is 1.64. The zero-order valence-corrected chi connectivity index (χ0v) is 14.9. The molecule has 0 spiro atoms. The van der Waals surface area contributed by atoms with Gasteiger partial charge in [-0.3, -0.25) is 4.79 Å². The van der Waals surface area contributed by atoms with Gasteiger partial charge >= 0.3 is 0 Å². The fourth-order valence-electron chi connectivity index (χ4n) is 3.57. The van der Waals surface area contributed by atoms with Crippen molar-refractivity contribution in [2.24, 2.45) is 0 Å². The molecule has 1 saturated heterocycles. The first-order valence-corrected chi connectivity index (χ1v) is 9.08. The van der Waals surface area contributed by atoms with Gasteiger partial charge in [0.15, 0.2) is 11.5 Å². The molecule has 2 heterocycles. The van der Waals surface area contributed by atoms with Crippen LogP contribution in [0.4, 0.5) is 0 Å². The van der Waals surface area contributed by atoms with Gasteiger partial charge in [-0.25, -0.2) is 0 Å². The maximum atomic E-state index is 13.2. The first-order valence-electron chi connectivity index (χ1n) is 9.08. The summed E-state index contributed by atoms with van der Waals surface area (Å²) in [7, 11) is 0. The lowest BCUT2D eigenvalue weighted by Crippen LogP contribution is -2.40. The lowest BCUT2D eigenvalue weighted by atomic mass is 10.0. The minimum atomic E-state index is -0.352. The maximum absolute atomic E-state index is 13.2. The van der Waals surface area contributed by atoms with Crippen molar-refractivity contribution in [3.63, 3.8) is 0 Å². The minimum absolute atomic E-state index is 0.0374. The second-order valence-electron chi connectivity index (χ2n) is 6.71. The molecule has 5 heteroatoms. The van der Waals surface area contributed by atoms with Gasteiger partial charge in [0.1, 0.15) is 6.10 Å². The number of nitrogens with zero attached hydrogens (tertiary/aromatic N) is 1. The third kappa shape index (κ3) is 3.27. The summed E-state index contributed by atoms with van der Waals surface area (Å²) in [6.45, 7) is 3.39. The highest BCUT2D eigenvalue weighted by Crippen LogP contribution is 2.37. The number of carbonyl (C=O) groups excluding carboxylic acids is 1. The first kappa shape index (κ1) is 16.9. The molecule has 26 heavy (non-hydrogen) atoms. The van der Waals surface area contributed by atoms with Crippen LogP contribution in [0.2, 0.25) is 0 Å². The Morgan fingerprint density at radius 1 is 1.15 bits per heavy atom. The van der Waals surface area contributed by atoms with E-state index in [1.54, 1.807) is 0 Å². The molecule has 2 aliphatic rings. The number of hydrogen-bond acceptors (Lipinski definition) is 4. The van der Waals surface area contributed by atoms with Crippen molar-refractivity contribution in [3.05, 3.63) is 59.7 Å². The van der Waals surface area contributed by atoms with E-state index in [0.717, 1.165) is 35.5 Å². The number of benzene rings is 2. The van der Waals surface area contributed by atoms with Gasteiger partial charge in [-0.2, -0.15) is 0 Å². The summed E-state index contributed by atoms with van der Waals surface area (Å²) in [6.07, 6.45) is 1.36. The molecule has 0 bridgehead atoms. The molecule has 2 aromatic carbocycles. The Morgan fingerprint density at radius 2 is 2.00 bits per heavy atom.